The van der Waals surface area contributed by atoms with E-state index in [0.717, 1.165) is 12.3 Å². The molecule has 2 fully saturated rings. The minimum atomic E-state index is 0.0190. The number of carbonyl (C=O) groups excluding carboxylic acids is 1. The van der Waals surface area contributed by atoms with Gasteiger partial charge in [-0.15, -0.1) is 0 Å². The third kappa shape index (κ3) is 2.58. The van der Waals surface area contributed by atoms with Gasteiger partial charge in [-0.25, -0.2) is 4.79 Å². The zero-order valence-corrected chi connectivity index (χ0v) is 9.90. The van der Waals surface area contributed by atoms with Crippen LogP contribution in [0.3, 0.4) is 0 Å². The van der Waals surface area contributed by atoms with Gasteiger partial charge in [0.25, 0.3) is 0 Å². The van der Waals surface area contributed by atoms with E-state index in [4.69, 9.17) is 0 Å². The second-order valence-corrected chi connectivity index (χ2v) is 5.49. The van der Waals surface area contributed by atoms with Crippen LogP contribution in [0.15, 0.2) is 0 Å². The number of amides is 2. The summed E-state index contributed by atoms with van der Waals surface area (Å²) >= 11 is 2.00. The molecule has 2 saturated heterocycles. The molecule has 0 aromatic rings. The second-order valence-electron chi connectivity index (χ2n) is 4.22. The highest BCUT2D eigenvalue weighted by molar-refractivity contribution is 8.00. The van der Waals surface area contributed by atoms with Crippen LogP contribution in [0.5, 0.6) is 0 Å². The minimum Gasteiger partial charge on any atom is -0.332 e. The number of nitrogens with one attached hydrogen (secondary N) is 3. The van der Waals surface area contributed by atoms with Crippen molar-refractivity contribution in [1.29, 1.82) is 0 Å². The van der Waals surface area contributed by atoms with Crippen molar-refractivity contribution in [1.82, 2.24) is 16.0 Å². The first-order valence-electron chi connectivity index (χ1n) is 5.64. The molecule has 3 atom stereocenters. The molecule has 3 N–H and O–H groups in total. The lowest BCUT2D eigenvalue weighted by Gasteiger charge is -2.16. The fourth-order valence-corrected chi connectivity index (χ4v) is 3.83. The van der Waals surface area contributed by atoms with Crippen molar-refractivity contribution in [3.8, 4) is 0 Å². The summed E-state index contributed by atoms with van der Waals surface area (Å²) in [5.74, 6) is 1.07. The molecule has 0 aromatic carbocycles. The highest BCUT2D eigenvalue weighted by atomic mass is 32.2. The maximum atomic E-state index is 11.1. The van der Waals surface area contributed by atoms with Gasteiger partial charge in [0.05, 0.1) is 12.1 Å². The van der Waals surface area contributed by atoms with Gasteiger partial charge in [0.15, 0.2) is 0 Å². The normalized spacial score (nSPS) is 33.7. The molecule has 2 rings (SSSR count). The predicted molar refractivity (Wildman–Crippen MR) is 63.3 cm³/mol. The fourth-order valence-electron chi connectivity index (χ4n) is 2.29. The van der Waals surface area contributed by atoms with Crippen molar-refractivity contribution in [2.75, 3.05) is 19.3 Å². The second kappa shape index (κ2) is 5.07. The Bertz CT molecular complexity index is 237. The smallest absolute Gasteiger partial charge is 0.315 e. The molecular weight excluding hydrogens is 210 g/mol. The van der Waals surface area contributed by atoms with Crippen molar-refractivity contribution < 1.29 is 4.79 Å². The summed E-state index contributed by atoms with van der Waals surface area (Å²) < 4.78 is 0. The van der Waals surface area contributed by atoms with Gasteiger partial charge in [-0.1, -0.05) is 6.42 Å². The maximum Gasteiger partial charge on any atom is 0.315 e. The van der Waals surface area contributed by atoms with E-state index < -0.39 is 0 Å². The summed E-state index contributed by atoms with van der Waals surface area (Å²) in [6.45, 7) is 1.09. The summed E-state index contributed by atoms with van der Waals surface area (Å²) in [6, 6.07) is 0.763. The van der Waals surface area contributed by atoms with Crippen molar-refractivity contribution in [2.24, 2.45) is 0 Å². The molecule has 15 heavy (non-hydrogen) atoms. The Kier molecular flexibility index (Phi) is 3.75. The SMILES string of the molecule is CNCCCC[C@@H]1SC[C@@H]2NC(=O)N[C@@H]21. The molecule has 5 heteroatoms. The van der Waals surface area contributed by atoms with E-state index in [1.165, 1.54) is 19.3 Å². The Balaban J connectivity index is 1.72. The van der Waals surface area contributed by atoms with Gasteiger partial charge < -0.3 is 16.0 Å². The van der Waals surface area contributed by atoms with Crippen molar-refractivity contribution in [3.63, 3.8) is 0 Å². The Morgan fingerprint density at radius 3 is 3.13 bits per heavy atom. The topological polar surface area (TPSA) is 53.2 Å². The fraction of sp³-hybridized carbons (Fsp3) is 0.900. The Morgan fingerprint density at radius 2 is 2.33 bits per heavy atom. The maximum absolute atomic E-state index is 11.1. The van der Waals surface area contributed by atoms with Crippen LogP contribution in [0.4, 0.5) is 4.79 Å². The lowest BCUT2D eigenvalue weighted by Crippen LogP contribution is -2.36. The lowest BCUT2D eigenvalue weighted by atomic mass is 10.0. The zero-order chi connectivity index (χ0) is 10.7. The van der Waals surface area contributed by atoms with Crippen LogP contribution in [0, 0.1) is 0 Å². The average molecular weight is 229 g/mol. The predicted octanol–water partition coefficient (Wildman–Crippen LogP) is 0.542. The van der Waals surface area contributed by atoms with Crippen LogP contribution >= 0.6 is 11.8 Å². The van der Waals surface area contributed by atoms with Gasteiger partial charge in [0.2, 0.25) is 0 Å². The molecule has 0 spiro atoms. The molecule has 2 aliphatic rings. The number of carbonyl (C=O) groups is 1. The largest absolute Gasteiger partial charge is 0.332 e. The van der Waals surface area contributed by atoms with Gasteiger partial charge in [0.1, 0.15) is 0 Å². The molecule has 0 unspecified atom stereocenters. The van der Waals surface area contributed by atoms with Crippen LogP contribution in [0.1, 0.15) is 19.3 Å². The Morgan fingerprint density at radius 1 is 1.47 bits per heavy atom. The minimum absolute atomic E-state index is 0.0190. The number of fused-ring (bicyclic) bond motifs is 1. The quantitative estimate of drug-likeness (QED) is 0.476. The number of urea groups is 1. The number of thioether (sulfide) groups is 1. The summed E-state index contributed by atoms with van der Waals surface area (Å²) in [5.41, 5.74) is 0. The molecule has 0 saturated carbocycles. The molecule has 0 aromatic heterocycles. The Labute approximate surface area is 94.9 Å². The Hall–Kier alpha value is -0.420. The first-order valence-corrected chi connectivity index (χ1v) is 6.69. The number of hydrogen-bond donors (Lipinski definition) is 3. The van der Waals surface area contributed by atoms with E-state index in [2.05, 4.69) is 16.0 Å². The summed E-state index contributed by atoms with van der Waals surface area (Å²) in [5, 5.41) is 9.76. The molecule has 2 aliphatic heterocycles. The third-order valence-electron chi connectivity index (χ3n) is 3.10. The zero-order valence-electron chi connectivity index (χ0n) is 9.08. The standard InChI is InChI=1S/C10H19N3OS/c1-11-5-3-2-4-8-9-7(6-15-8)12-10(14)13-9/h7-9,11H,2-6H2,1H3,(H2,12,13,14)/t7-,8-,9-/m0/s1. The van der Waals surface area contributed by atoms with Crippen LogP contribution in [-0.2, 0) is 0 Å². The number of hydrogen-bond acceptors (Lipinski definition) is 3. The van der Waals surface area contributed by atoms with Crippen LogP contribution in [0.25, 0.3) is 0 Å². The highest BCUT2D eigenvalue weighted by Crippen LogP contribution is 2.32. The van der Waals surface area contributed by atoms with Crippen molar-refractivity contribution in [3.05, 3.63) is 0 Å². The summed E-state index contributed by atoms with van der Waals surface area (Å²) in [4.78, 5) is 11.1. The van der Waals surface area contributed by atoms with Gasteiger partial charge in [-0.05, 0) is 26.4 Å². The summed E-state index contributed by atoms with van der Waals surface area (Å²) in [7, 11) is 1.99. The molecule has 0 bridgehead atoms. The number of rotatable bonds is 5. The third-order valence-corrected chi connectivity index (χ3v) is 4.61. The number of unbranched alkanes of at least 4 members (excludes halogenated alkanes) is 1. The van der Waals surface area contributed by atoms with Gasteiger partial charge in [-0.3, -0.25) is 0 Å². The van der Waals surface area contributed by atoms with Crippen LogP contribution in [0.2, 0.25) is 0 Å². The molecule has 0 radical (unpaired) electrons. The molecule has 2 amide bonds. The van der Waals surface area contributed by atoms with Crippen molar-refractivity contribution in [2.45, 2.75) is 36.6 Å². The van der Waals surface area contributed by atoms with E-state index in [-0.39, 0.29) is 6.03 Å². The summed E-state index contributed by atoms with van der Waals surface area (Å²) in [6.07, 6.45) is 3.69. The molecule has 4 nitrogen and oxygen atoms in total. The van der Waals surface area contributed by atoms with Gasteiger partial charge in [-0.2, -0.15) is 11.8 Å². The molecule has 86 valence electrons. The molecular formula is C10H19N3OS. The molecule has 2 heterocycles. The van der Waals surface area contributed by atoms with E-state index in [1.807, 2.05) is 18.8 Å². The van der Waals surface area contributed by atoms with Crippen LogP contribution < -0.4 is 16.0 Å². The molecule has 0 aliphatic carbocycles. The highest BCUT2D eigenvalue weighted by Gasteiger charge is 2.42. The van der Waals surface area contributed by atoms with E-state index >= 15 is 0 Å². The van der Waals surface area contributed by atoms with E-state index in [9.17, 15) is 4.79 Å². The first-order chi connectivity index (χ1) is 7.31. The van der Waals surface area contributed by atoms with Gasteiger partial charge >= 0.3 is 6.03 Å². The van der Waals surface area contributed by atoms with E-state index in [1.54, 1.807) is 0 Å². The lowest BCUT2D eigenvalue weighted by molar-refractivity contribution is 0.247. The van der Waals surface area contributed by atoms with E-state index in [0.29, 0.717) is 17.3 Å². The van der Waals surface area contributed by atoms with Crippen molar-refractivity contribution >= 4 is 17.8 Å². The average Bonchev–Trinajstić information content (AvgIpc) is 2.73. The monoisotopic (exact) mass is 229 g/mol. The first kappa shape index (κ1) is 11.1. The van der Waals surface area contributed by atoms with Gasteiger partial charge in [0, 0.05) is 11.0 Å². The van der Waals surface area contributed by atoms with Crippen LogP contribution in [-0.4, -0.2) is 42.7 Å².